The molecule has 0 bridgehead atoms. The van der Waals surface area contributed by atoms with Crippen LogP contribution < -0.4 is 10.9 Å². The van der Waals surface area contributed by atoms with Gasteiger partial charge in [0.15, 0.2) is 0 Å². The van der Waals surface area contributed by atoms with Crippen molar-refractivity contribution in [1.82, 2.24) is 10.4 Å². The highest BCUT2D eigenvalue weighted by Gasteiger charge is 2.02. The summed E-state index contributed by atoms with van der Waals surface area (Å²) in [5.74, 6) is 0. The van der Waals surface area contributed by atoms with Crippen molar-refractivity contribution in [3.63, 3.8) is 0 Å². The minimum atomic E-state index is -0.538. The van der Waals surface area contributed by atoms with Crippen molar-refractivity contribution >= 4 is 22.6 Å². The quantitative estimate of drug-likeness (QED) is 0.817. The summed E-state index contributed by atoms with van der Waals surface area (Å²) in [5, 5.41) is 2.42. The Hall–Kier alpha value is -2.08. The summed E-state index contributed by atoms with van der Waals surface area (Å²) in [6.45, 7) is 0.242. The standard InChI is InChI=1S/C11H11N3O2S/c15-11(14-13-10-12-6-7-17-10)16-8-9-4-2-1-3-5-9/h1-7H,8H2,(H,12,13)(H,14,15). The summed E-state index contributed by atoms with van der Waals surface area (Å²) < 4.78 is 4.99. The molecule has 0 aliphatic rings. The number of ether oxygens (including phenoxy) is 1. The average molecular weight is 249 g/mol. The first-order valence-corrected chi connectivity index (χ1v) is 5.85. The number of carbonyl (C=O) groups excluding carboxylic acids is 1. The van der Waals surface area contributed by atoms with E-state index >= 15 is 0 Å². The van der Waals surface area contributed by atoms with Crippen LogP contribution in [-0.4, -0.2) is 11.1 Å². The lowest BCUT2D eigenvalue weighted by molar-refractivity contribution is 0.142. The van der Waals surface area contributed by atoms with Crippen LogP contribution in [0.3, 0.4) is 0 Å². The second-order valence-corrected chi connectivity index (χ2v) is 4.04. The Balaban J connectivity index is 1.71. The summed E-state index contributed by atoms with van der Waals surface area (Å²) in [4.78, 5) is 15.2. The normalized spacial score (nSPS) is 9.65. The number of carbonyl (C=O) groups is 1. The SMILES string of the molecule is O=C(NNc1nccs1)OCc1ccccc1. The van der Waals surface area contributed by atoms with Gasteiger partial charge in [0, 0.05) is 11.6 Å². The van der Waals surface area contributed by atoms with Gasteiger partial charge >= 0.3 is 6.09 Å². The minimum Gasteiger partial charge on any atom is -0.443 e. The Morgan fingerprint density at radius 2 is 2.18 bits per heavy atom. The van der Waals surface area contributed by atoms with E-state index < -0.39 is 6.09 Å². The van der Waals surface area contributed by atoms with Crippen molar-refractivity contribution in [3.8, 4) is 0 Å². The van der Waals surface area contributed by atoms with Gasteiger partial charge in [-0.25, -0.2) is 15.2 Å². The molecule has 0 radical (unpaired) electrons. The highest BCUT2D eigenvalue weighted by molar-refractivity contribution is 7.13. The number of nitrogens with one attached hydrogen (secondary N) is 2. The van der Waals surface area contributed by atoms with Crippen LogP contribution in [0.4, 0.5) is 9.93 Å². The number of anilines is 1. The number of benzene rings is 1. The fraction of sp³-hybridized carbons (Fsp3) is 0.0909. The first-order valence-electron chi connectivity index (χ1n) is 4.97. The summed E-state index contributed by atoms with van der Waals surface area (Å²) in [5.41, 5.74) is 5.98. The fourth-order valence-electron chi connectivity index (χ4n) is 1.15. The summed E-state index contributed by atoms with van der Waals surface area (Å²) in [6.07, 6.45) is 1.10. The molecular weight excluding hydrogens is 238 g/mol. The molecule has 2 aromatic rings. The second kappa shape index (κ2) is 5.86. The molecular formula is C11H11N3O2S. The number of nitrogens with zero attached hydrogens (tertiary/aromatic N) is 1. The molecule has 0 aliphatic heterocycles. The molecule has 6 heteroatoms. The van der Waals surface area contributed by atoms with E-state index in [4.69, 9.17) is 4.74 Å². The molecule has 1 aromatic heterocycles. The minimum absolute atomic E-state index is 0.242. The Labute approximate surface area is 102 Å². The van der Waals surface area contributed by atoms with E-state index in [-0.39, 0.29) is 6.61 Å². The highest BCUT2D eigenvalue weighted by atomic mass is 32.1. The Bertz CT molecular complexity index is 459. The van der Waals surface area contributed by atoms with Gasteiger partial charge in [0.1, 0.15) is 6.61 Å². The Kier molecular flexibility index (Phi) is 3.93. The van der Waals surface area contributed by atoms with Crippen molar-refractivity contribution < 1.29 is 9.53 Å². The predicted octanol–water partition coefficient (Wildman–Crippen LogP) is 2.40. The molecule has 88 valence electrons. The Morgan fingerprint density at radius 3 is 2.88 bits per heavy atom. The highest BCUT2D eigenvalue weighted by Crippen LogP contribution is 2.08. The number of hydrogen-bond acceptors (Lipinski definition) is 5. The zero-order chi connectivity index (χ0) is 11.9. The van der Waals surface area contributed by atoms with Gasteiger partial charge in [-0.2, -0.15) is 0 Å². The van der Waals surface area contributed by atoms with Crippen LogP contribution in [0.2, 0.25) is 0 Å². The van der Waals surface area contributed by atoms with Crippen molar-refractivity contribution in [2.45, 2.75) is 6.61 Å². The van der Waals surface area contributed by atoms with Crippen LogP contribution in [0, 0.1) is 0 Å². The molecule has 5 nitrogen and oxygen atoms in total. The zero-order valence-corrected chi connectivity index (χ0v) is 9.74. The van der Waals surface area contributed by atoms with Crippen molar-refractivity contribution in [1.29, 1.82) is 0 Å². The molecule has 1 aromatic carbocycles. The van der Waals surface area contributed by atoms with Gasteiger partial charge in [0.05, 0.1) is 0 Å². The average Bonchev–Trinajstić information content (AvgIpc) is 2.88. The van der Waals surface area contributed by atoms with Gasteiger partial charge < -0.3 is 4.74 Å². The third-order valence-electron chi connectivity index (χ3n) is 1.92. The van der Waals surface area contributed by atoms with Crippen LogP contribution in [0.1, 0.15) is 5.56 Å². The molecule has 0 saturated heterocycles. The third-order valence-corrected chi connectivity index (χ3v) is 2.61. The summed E-state index contributed by atoms with van der Waals surface area (Å²) in [6, 6.07) is 9.48. The largest absolute Gasteiger partial charge is 0.443 e. The number of hydrazine groups is 1. The lowest BCUT2D eigenvalue weighted by Gasteiger charge is -2.06. The van der Waals surface area contributed by atoms with E-state index in [0.717, 1.165) is 5.56 Å². The number of rotatable bonds is 4. The van der Waals surface area contributed by atoms with Crippen LogP contribution in [0.5, 0.6) is 0 Å². The molecule has 1 amide bonds. The van der Waals surface area contributed by atoms with Gasteiger partial charge in [-0.15, -0.1) is 11.3 Å². The molecule has 0 fully saturated rings. The maximum Gasteiger partial charge on any atom is 0.426 e. The molecule has 0 spiro atoms. The van der Waals surface area contributed by atoms with Gasteiger partial charge in [-0.1, -0.05) is 30.3 Å². The van der Waals surface area contributed by atoms with Crippen molar-refractivity contribution in [2.75, 3.05) is 5.43 Å². The lowest BCUT2D eigenvalue weighted by atomic mass is 10.2. The molecule has 1 heterocycles. The smallest absolute Gasteiger partial charge is 0.426 e. The van der Waals surface area contributed by atoms with E-state index in [1.165, 1.54) is 11.3 Å². The molecule has 0 atom stereocenters. The molecule has 2 rings (SSSR count). The first-order chi connectivity index (χ1) is 8.34. The van der Waals surface area contributed by atoms with Crippen LogP contribution in [-0.2, 0) is 11.3 Å². The maximum atomic E-state index is 11.3. The van der Waals surface area contributed by atoms with Crippen LogP contribution >= 0.6 is 11.3 Å². The molecule has 17 heavy (non-hydrogen) atoms. The molecule has 0 unspecified atom stereocenters. The molecule has 0 saturated carbocycles. The second-order valence-electron chi connectivity index (χ2n) is 3.15. The summed E-state index contributed by atoms with van der Waals surface area (Å²) in [7, 11) is 0. The number of aromatic nitrogens is 1. The van der Waals surface area contributed by atoms with Gasteiger partial charge in [0.2, 0.25) is 5.13 Å². The van der Waals surface area contributed by atoms with Gasteiger partial charge in [-0.05, 0) is 5.56 Å². The third kappa shape index (κ3) is 3.76. The summed E-state index contributed by atoms with van der Waals surface area (Å²) >= 11 is 1.39. The lowest BCUT2D eigenvalue weighted by Crippen LogP contribution is -2.29. The maximum absolute atomic E-state index is 11.3. The number of hydrogen-bond donors (Lipinski definition) is 2. The van der Waals surface area contributed by atoms with E-state index in [1.807, 2.05) is 30.3 Å². The molecule has 0 aliphatic carbocycles. The van der Waals surface area contributed by atoms with Gasteiger partial charge in [-0.3, -0.25) is 5.43 Å². The first kappa shape index (κ1) is 11.4. The van der Waals surface area contributed by atoms with E-state index in [0.29, 0.717) is 5.13 Å². The predicted molar refractivity (Wildman–Crippen MR) is 65.5 cm³/mol. The van der Waals surface area contributed by atoms with Crippen molar-refractivity contribution in [2.24, 2.45) is 0 Å². The van der Waals surface area contributed by atoms with E-state index in [9.17, 15) is 4.79 Å². The Morgan fingerprint density at radius 1 is 1.35 bits per heavy atom. The van der Waals surface area contributed by atoms with Crippen LogP contribution in [0.15, 0.2) is 41.9 Å². The topological polar surface area (TPSA) is 63.2 Å². The zero-order valence-electron chi connectivity index (χ0n) is 8.92. The van der Waals surface area contributed by atoms with E-state index in [1.54, 1.807) is 11.6 Å². The van der Waals surface area contributed by atoms with Gasteiger partial charge in [0.25, 0.3) is 0 Å². The number of amides is 1. The monoisotopic (exact) mass is 249 g/mol. The number of thiazole rings is 1. The van der Waals surface area contributed by atoms with E-state index in [2.05, 4.69) is 15.8 Å². The fourth-order valence-corrected chi connectivity index (χ4v) is 1.63. The van der Waals surface area contributed by atoms with Crippen LogP contribution in [0.25, 0.3) is 0 Å². The molecule has 2 N–H and O–H groups in total. The van der Waals surface area contributed by atoms with Crippen molar-refractivity contribution in [3.05, 3.63) is 47.5 Å².